The van der Waals surface area contributed by atoms with Gasteiger partial charge in [0.15, 0.2) is 11.0 Å². The van der Waals surface area contributed by atoms with Crippen molar-refractivity contribution in [1.82, 2.24) is 19.7 Å². The molecule has 1 unspecified atom stereocenters. The van der Waals surface area contributed by atoms with Gasteiger partial charge in [-0.2, -0.15) is 0 Å². The molecule has 0 saturated carbocycles. The van der Waals surface area contributed by atoms with E-state index in [9.17, 15) is 4.79 Å². The third kappa shape index (κ3) is 5.10. The number of carbonyl (C=O) groups excluding carboxylic acids is 1. The van der Waals surface area contributed by atoms with Crippen molar-refractivity contribution in [2.24, 2.45) is 0 Å². The van der Waals surface area contributed by atoms with E-state index in [1.54, 1.807) is 18.1 Å². The smallest absolute Gasteiger partial charge is 0.235 e. The number of hydrogen-bond donors (Lipinski definition) is 0. The molecule has 2 aromatic carbocycles. The molecular formula is C23H26N4O2S. The topological polar surface area (TPSA) is 60.2 Å². The van der Waals surface area contributed by atoms with Crippen LogP contribution in [0.4, 0.5) is 0 Å². The average Bonchev–Trinajstić information content (AvgIpc) is 3.16. The van der Waals surface area contributed by atoms with Gasteiger partial charge in [-0.1, -0.05) is 48.2 Å². The average molecular weight is 423 g/mol. The van der Waals surface area contributed by atoms with Crippen molar-refractivity contribution >= 4 is 17.7 Å². The SMILES string of the molecule is C=CCn1c(SC(C)C(=O)N(C)Cc2ccccc2)nnc1-c1ccc(OC)cc1. The lowest BCUT2D eigenvalue weighted by molar-refractivity contribution is -0.129. The van der Waals surface area contributed by atoms with E-state index in [1.165, 1.54) is 11.8 Å². The van der Waals surface area contributed by atoms with Crippen LogP contribution in [0.15, 0.2) is 72.4 Å². The number of carbonyl (C=O) groups is 1. The van der Waals surface area contributed by atoms with Crippen LogP contribution < -0.4 is 4.74 Å². The summed E-state index contributed by atoms with van der Waals surface area (Å²) in [5, 5.41) is 9.10. The summed E-state index contributed by atoms with van der Waals surface area (Å²) in [5.74, 6) is 1.56. The molecule has 0 spiro atoms. The Labute approximate surface area is 181 Å². The van der Waals surface area contributed by atoms with Crippen LogP contribution in [0.1, 0.15) is 12.5 Å². The summed E-state index contributed by atoms with van der Waals surface area (Å²) >= 11 is 1.41. The summed E-state index contributed by atoms with van der Waals surface area (Å²) < 4.78 is 7.20. The van der Waals surface area contributed by atoms with Gasteiger partial charge in [-0.25, -0.2) is 0 Å². The van der Waals surface area contributed by atoms with Gasteiger partial charge in [-0.15, -0.1) is 16.8 Å². The van der Waals surface area contributed by atoms with Crippen molar-refractivity contribution in [3.63, 3.8) is 0 Å². The highest BCUT2D eigenvalue weighted by Gasteiger charge is 2.23. The number of rotatable bonds is 9. The van der Waals surface area contributed by atoms with Crippen molar-refractivity contribution in [1.29, 1.82) is 0 Å². The molecule has 0 radical (unpaired) electrons. The van der Waals surface area contributed by atoms with Crippen LogP contribution in [0.3, 0.4) is 0 Å². The van der Waals surface area contributed by atoms with Crippen LogP contribution in [0.5, 0.6) is 5.75 Å². The number of aromatic nitrogens is 3. The van der Waals surface area contributed by atoms with Gasteiger partial charge in [0, 0.05) is 25.7 Å². The zero-order chi connectivity index (χ0) is 21.5. The lowest BCUT2D eigenvalue weighted by Gasteiger charge is -2.21. The Hall–Kier alpha value is -3.06. The quantitative estimate of drug-likeness (QED) is 0.381. The maximum Gasteiger partial charge on any atom is 0.235 e. The van der Waals surface area contributed by atoms with E-state index >= 15 is 0 Å². The van der Waals surface area contributed by atoms with Gasteiger partial charge >= 0.3 is 0 Å². The van der Waals surface area contributed by atoms with Crippen LogP contribution in [0.2, 0.25) is 0 Å². The van der Waals surface area contributed by atoms with Gasteiger partial charge in [0.2, 0.25) is 5.91 Å². The summed E-state index contributed by atoms with van der Waals surface area (Å²) in [5.41, 5.74) is 2.03. The Balaban J connectivity index is 1.75. The van der Waals surface area contributed by atoms with E-state index in [0.717, 1.165) is 22.7 Å². The lowest BCUT2D eigenvalue weighted by atomic mass is 10.2. The maximum atomic E-state index is 12.9. The Bertz CT molecular complexity index is 986. The molecule has 7 heteroatoms. The lowest BCUT2D eigenvalue weighted by Crippen LogP contribution is -2.33. The van der Waals surface area contributed by atoms with E-state index in [0.29, 0.717) is 18.2 Å². The molecule has 3 aromatic rings. The largest absolute Gasteiger partial charge is 0.497 e. The Morgan fingerprint density at radius 2 is 1.90 bits per heavy atom. The molecule has 0 N–H and O–H groups in total. The summed E-state index contributed by atoms with van der Waals surface area (Å²) in [6.07, 6.45) is 1.80. The van der Waals surface area contributed by atoms with Crippen molar-refractivity contribution in [2.75, 3.05) is 14.2 Å². The normalized spacial score (nSPS) is 11.7. The van der Waals surface area contributed by atoms with Gasteiger partial charge < -0.3 is 9.64 Å². The number of nitrogens with zero attached hydrogens (tertiary/aromatic N) is 4. The molecule has 0 aliphatic rings. The number of allylic oxidation sites excluding steroid dienone is 1. The summed E-state index contributed by atoms with van der Waals surface area (Å²) in [6.45, 7) is 6.87. The Morgan fingerprint density at radius 3 is 2.53 bits per heavy atom. The first kappa shape index (κ1) is 21.6. The number of methoxy groups -OCH3 is 1. The Kier molecular flexibility index (Phi) is 7.30. The fourth-order valence-corrected chi connectivity index (χ4v) is 4.05. The molecule has 0 aliphatic carbocycles. The fourth-order valence-electron chi connectivity index (χ4n) is 3.08. The number of hydrogen-bond acceptors (Lipinski definition) is 5. The molecule has 0 aliphatic heterocycles. The minimum atomic E-state index is -0.296. The first-order chi connectivity index (χ1) is 14.5. The third-order valence-electron chi connectivity index (χ3n) is 4.65. The van der Waals surface area contributed by atoms with E-state index in [-0.39, 0.29) is 11.2 Å². The van der Waals surface area contributed by atoms with Gasteiger partial charge in [0.05, 0.1) is 12.4 Å². The molecule has 3 rings (SSSR count). The first-order valence-corrected chi connectivity index (χ1v) is 10.6. The second-order valence-electron chi connectivity index (χ2n) is 6.87. The molecule has 1 amide bonds. The van der Waals surface area contributed by atoms with E-state index in [4.69, 9.17) is 4.74 Å². The Morgan fingerprint density at radius 1 is 1.20 bits per heavy atom. The van der Waals surface area contributed by atoms with Crippen LogP contribution in [-0.2, 0) is 17.9 Å². The van der Waals surface area contributed by atoms with Crippen molar-refractivity contribution in [2.45, 2.75) is 30.4 Å². The van der Waals surface area contributed by atoms with Gasteiger partial charge in [0.1, 0.15) is 5.75 Å². The zero-order valence-electron chi connectivity index (χ0n) is 17.5. The third-order valence-corrected chi connectivity index (χ3v) is 5.71. The second-order valence-corrected chi connectivity index (χ2v) is 8.18. The molecule has 1 atom stereocenters. The van der Waals surface area contributed by atoms with E-state index < -0.39 is 0 Å². The van der Waals surface area contributed by atoms with Crippen LogP contribution in [0, 0.1) is 0 Å². The monoisotopic (exact) mass is 422 g/mol. The minimum absolute atomic E-state index is 0.0444. The highest BCUT2D eigenvalue weighted by atomic mass is 32.2. The summed E-state index contributed by atoms with van der Waals surface area (Å²) in [6, 6.07) is 17.6. The number of ether oxygens (including phenoxy) is 1. The van der Waals surface area contributed by atoms with E-state index in [1.807, 2.05) is 73.1 Å². The summed E-state index contributed by atoms with van der Waals surface area (Å²) in [7, 11) is 3.46. The van der Waals surface area contributed by atoms with Crippen molar-refractivity contribution in [3.05, 3.63) is 72.8 Å². The molecule has 0 fully saturated rings. The maximum absolute atomic E-state index is 12.9. The standard InChI is InChI=1S/C23H26N4O2S/c1-5-15-27-21(19-11-13-20(29-4)14-12-19)24-25-23(27)30-17(2)22(28)26(3)16-18-9-7-6-8-10-18/h5-14,17H,1,15-16H2,2-4H3. The van der Waals surface area contributed by atoms with Crippen LogP contribution >= 0.6 is 11.8 Å². The minimum Gasteiger partial charge on any atom is -0.497 e. The molecule has 1 aromatic heterocycles. The molecule has 6 nitrogen and oxygen atoms in total. The molecule has 156 valence electrons. The molecular weight excluding hydrogens is 396 g/mol. The number of thioether (sulfide) groups is 1. The zero-order valence-corrected chi connectivity index (χ0v) is 18.3. The van der Waals surface area contributed by atoms with Crippen LogP contribution in [-0.4, -0.2) is 45.0 Å². The molecule has 1 heterocycles. The molecule has 0 bridgehead atoms. The molecule has 30 heavy (non-hydrogen) atoms. The number of benzene rings is 2. The second kappa shape index (κ2) is 10.1. The number of amides is 1. The predicted molar refractivity (Wildman–Crippen MR) is 120 cm³/mol. The van der Waals surface area contributed by atoms with Crippen molar-refractivity contribution in [3.8, 4) is 17.1 Å². The van der Waals surface area contributed by atoms with Gasteiger partial charge in [-0.3, -0.25) is 9.36 Å². The van der Waals surface area contributed by atoms with Crippen LogP contribution in [0.25, 0.3) is 11.4 Å². The first-order valence-electron chi connectivity index (χ1n) is 9.67. The highest BCUT2D eigenvalue weighted by molar-refractivity contribution is 8.00. The molecule has 0 saturated heterocycles. The van der Waals surface area contributed by atoms with E-state index in [2.05, 4.69) is 16.8 Å². The predicted octanol–water partition coefficient (Wildman–Crippen LogP) is 4.28. The fraction of sp³-hybridized carbons (Fsp3) is 0.261. The van der Waals surface area contributed by atoms with Crippen molar-refractivity contribution < 1.29 is 9.53 Å². The van der Waals surface area contributed by atoms with Gasteiger partial charge in [0.25, 0.3) is 0 Å². The summed E-state index contributed by atoms with van der Waals surface area (Å²) in [4.78, 5) is 14.6. The van der Waals surface area contributed by atoms with Gasteiger partial charge in [-0.05, 0) is 36.8 Å². The highest BCUT2D eigenvalue weighted by Crippen LogP contribution is 2.28.